The molecular weight excluding hydrogens is 410 g/mol. The Morgan fingerprint density at radius 2 is 2.04 bits per heavy atom. The van der Waals surface area contributed by atoms with Gasteiger partial charge in [0.05, 0.1) is 9.82 Å². The average Bonchev–Trinajstić information content (AvgIpc) is 3.10. The average molecular weight is 424 g/mol. The normalized spacial score (nSPS) is 11.4. The fourth-order valence-corrected chi connectivity index (χ4v) is 3.12. The number of hydrogen-bond donors (Lipinski definition) is 2. The molecule has 12 heteroatoms. The smallest absolute Gasteiger partial charge is 0.293 e. The van der Waals surface area contributed by atoms with Crippen LogP contribution in [0.2, 0.25) is 5.02 Å². The summed E-state index contributed by atoms with van der Waals surface area (Å²) in [6, 6.07) is 10.4. The van der Waals surface area contributed by atoms with Gasteiger partial charge < -0.3 is 9.84 Å². The van der Waals surface area contributed by atoms with E-state index in [4.69, 9.17) is 21.3 Å². The summed E-state index contributed by atoms with van der Waals surface area (Å²) in [7, 11) is -4.04. The third-order valence-electron chi connectivity index (χ3n) is 3.70. The van der Waals surface area contributed by atoms with E-state index in [1.807, 2.05) is 0 Å². The molecule has 0 radical (unpaired) electrons. The largest absolute Gasteiger partial charge is 0.379 e. The highest BCUT2D eigenvalue weighted by molar-refractivity contribution is 7.89. The lowest BCUT2D eigenvalue weighted by molar-refractivity contribution is -0.384. The number of nitrogens with one attached hydrogen (secondary N) is 1. The van der Waals surface area contributed by atoms with E-state index in [-0.39, 0.29) is 17.1 Å². The van der Waals surface area contributed by atoms with Crippen LogP contribution in [0.3, 0.4) is 0 Å². The molecule has 0 spiro atoms. The minimum atomic E-state index is -4.04. The number of hydrogen-bond acceptors (Lipinski definition) is 8. The quantitative estimate of drug-likeness (QED) is 0.434. The summed E-state index contributed by atoms with van der Waals surface area (Å²) in [6.45, 7) is 0.243. The van der Waals surface area contributed by atoms with Gasteiger partial charge in [0.1, 0.15) is 5.69 Å². The molecule has 146 valence electrons. The number of benzene rings is 2. The minimum absolute atomic E-state index is 0.145. The Morgan fingerprint density at radius 3 is 2.71 bits per heavy atom. The number of nitro benzene ring substituents is 1. The molecular formula is C16H14ClN5O5S. The lowest BCUT2D eigenvalue weighted by Crippen LogP contribution is -2.13. The van der Waals surface area contributed by atoms with Gasteiger partial charge in [0.25, 0.3) is 5.69 Å². The van der Waals surface area contributed by atoms with Gasteiger partial charge in [-0.15, -0.1) is 0 Å². The van der Waals surface area contributed by atoms with Crippen molar-refractivity contribution in [1.29, 1.82) is 0 Å². The zero-order valence-corrected chi connectivity index (χ0v) is 15.8. The van der Waals surface area contributed by atoms with Crippen molar-refractivity contribution in [3.8, 4) is 11.4 Å². The number of anilines is 1. The highest BCUT2D eigenvalue weighted by Gasteiger charge is 2.19. The van der Waals surface area contributed by atoms with Crippen molar-refractivity contribution >= 4 is 33.0 Å². The van der Waals surface area contributed by atoms with Crippen LogP contribution in [0.1, 0.15) is 5.89 Å². The number of nitrogens with zero attached hydrogens (tertiary/aromatic N) is 3. The van der Waals surface area contributed by atoms with Gasteiger partial charge in [0.15, 0.2) is 0 Å². The van der Waals surface area contributed by atoms with Crippen LogP contribution in [0.25, 0.3) is 11.4 Å². The molecule has 0 saturated carbocycles. The van der Waals surface area contributed by atoms with Crippen LogP contribution in [0.5, 0.6) is 0 Å². The van der Waals surface area contributed by atoms with Crippen molar-refractivity contribution in [2.75, 3.05) is 11.9 Å². The third-order valence-corrected chi connectivity index (χ3v) is 4.85. The molecule has 0 aliphatic heterocycles. The Kier molecular flexibility index (Phi) is 5.58. The summed E-state index contributed by atoms with van der Waals surface area (Å²) < 4.78 is 27.9. The minimum Gasteiger partial charge on any atom is -0.379 e. The molecule has 0 unspecified atom stereocenters. The predicted octanol–water partition coefficient (Wildman–Crippen LogP) is 2.60. The second kappa shape index (κ2) is 7.92. The first-order chi connectivity index (χ1) is 13.2. The van der Waals surface area contributed by atoms with Crippen LogP contribution >= 0.6 is 11.6 Å². The van der Waals surface area contributed by atoms with Crippen molar-refractivity contribution in [2.45, 2.75) is 11.3 Å². The maximum Gasteiger partial charge on any atom is 0.293 e. The number of rotatable bonds is 7. The molecule has 3 N–H and O–H groups in total. The topological polar surface area (TPSA) is 154 Å². The van der Waals surface area contributed by atoms with Gasteiger partial charge >= 0.3 is 0 Å². The van der Waals surface area contributed by atoms with Gasteiger partial charge in [0, 0.05) is 29.6 Å². The number of nitrogens with two attached hydrogens (primary N) is 1. The van der Waals surface area contributed by atoms with Crippen molar-refractivity contribution in [1.82, 2.24) is 10.1 Å². The molecule has 3 aromatic rings. The van der Waals surface area contributed by atoms with Gasteiger partial charge in [-0.25, -0.2) is 13.6 Å². The van der Waals surface area contributed by atoms with E-state index >= 15 is 0 Å². The Hall–Kier alpha value is -3.02. The first-order valence-corrected chi connectivity index (χ1v) is 9.80. The molecule has 0 saturated heterocycles. The zero-order valence-electron chi connectivity index (χ0n) is 14.2. The molecule has 0 amide bonds. The maximum absolute atomic E-state index is 11.4. The van der Waals surface area contributed by atoms with Crippen LogP contribution in [-0.2, 0) is 16.4 Å². The van der Waals surface area contributed by atoms with E-state index in [0.29, 0.717) is 28.7 Å². The van der Waals surface area contributed by atoms with Crippen LogP contribution in [-0.4, -0.2) is 30.0 Å². The Morgan fingerprint density at radius 1 is 1.25 bits per heavy atom. The number of sulfonamides is 1. The lowest BCUT2D eigenvalue weighted by atomic mass is 10.2. The summed E-state index contributed by atoms with van der Waals surface area (Å²) in [5.74, 6) is 0.701. The summed E-state index contributed by atoms with van der Waals surface area (Å²) >= 11 is 5.94. The van der Waals surface area contributed by atoms with E-state index in [0.717, 1.165) is 6.07 Å². The number of primary sulfonamides is 1. The summed E-state index contributed by atoms with van der Waals surface area (Å²) in [5, 5.41) is 23.5. The maximum atomic E-state index is 11.4. The zero-order chi connectivity index (χ0) is 20.3. The number of nitro groups is 1. The second-order valence-corrected chi connectivity index (χ2v) is 7.68. The molecule has 0 bridgehead atoms. The molecule has 1 heterocycles. The molecule has 1 aromatic heterocycles. The molecule has 3 rings (SSSR count). The van der Waals surface area contributed by atoms with Crippen molar-refractivity contribution < 1.29 is 17.9 Å². The highest BCUT2D eigenvalue weighted by atomic mass is 35.5. The van der Waals surface area contributed by atoms with Crippen LogP contribution in [0.15, 0.2) is 51.9 Å². The summed E-state index contributed by atoms with van der Waals surface area (Å²) in [5.41, 5.74) is 0.438. The first-order valence-electron chi connectivity index (χ1n) is 7.87. The van der Waals surface area contributed by atoms with Gasteiger partial charge in [0.2, 0.25) is 21.7 Å². The van der Waals surface area contributed by atoms with E-state index in [1.165, 1.54) is 12.1 Å². The van der Waals surface area contributed by atoms with E-state index < -0.39 is 20.6 Å². The van der Waals surface area contributed by atoms with Crippen molar-refractivity contribution in [2.24, 2.45) is 5.14 Å². The van der Waals surface area contributed by atoms with Crippen LogP contribution in [0, 0.1) is 10.1 Å². The number of aromatic nitrogens is 2. The number of halogens is 1. The van der Waals surface area contributed by atoms with E-state index in [2.05, 4.69) is 15.5 Å². The molecule has 0 aliphatic carbocycles. The first kappa shape index (κ1) is 19.7. The Bertz CT molecular complexity index is 1130. The second-order valence-electron chi connectivity index (χ2n) is 5.68. The molecule has 0 aliphatic rings. The van der Waals surface area contributed by atoms with Crippen LogP contribution in [0.4, 0.5) is 11.4 Å². The monoisotopic (exact) mass is 423 g/mol. The standard InChI is InChI=1S/C16H14ClN5O5S/c17-11-3-1-2-10(8-11)16-20-15(27-21-16)6-7-19-13-5-4-12(28(18,25)26)9-14(13)22(23)24/h1-5,8-9,19H,6-7H2,(H2,18,25,26). The highest BCUT2D eigenvalue weighted by Crippen LogP contribution is 2.27. The molecule has 0 atom stereocenters. The lowest BCUT2D eigenvalue weighted by Gasteiger charge is -2.07. The van der Waals surface area contributed by atoms with Crippen LogP contribution < -0.4 is 10.5 Å². The molecule has 28 heavy (non-hydrogen) atoms. The molecule has 2 aromatic carbocycles. The van der Waals surface area contributed by atoms with Gasteiger partial charge in [-0.3, -0.25) is 10.1 Å². The van der Waals surface area contributed by atoms with Gasteiger partial charge in [-0.2, -0.15) is 4.98 Å². The van der Waals surface area contributed by atoms with E-state index in [9.17, 15) is 18.5 Å². The third kappa shape index (κ3) is 4.63. The van der Waals surface area contributed by atoms with Gasteiger partial charge in [-0.1, -0.05) is 28.9 Å². The summed E-state index contributed by atoms with van der Waals surface area (Å²) in [6.07, 6.45) is 0.293. The summed E-state index contributed by atoms with van der Waals surface area (Å²) in [4.78, 5) is 14.4. The fourth-order valence-electron chi connectivity index (χ4n) is 2.39. The van der Waals surface area contributed by atoms with Gasteiger partial charge in [-0.05, 0) is 24.3 Å². The SMILES string of the molecule is NS(=O)(=O)c1ccc(NCCc2nc(-c3cccc(Cl)c3)no2)c([N+](=O)[O-])c1. The van der Waals surface area contributed by atoms with E-state index in [1.54, 1.807) is 24.3 Å². The Balaban J connectivity index is 1.69. The molecule has 0 fully saturated rings. The van der Waals surface area contributed by atoms with Crippen molar-refractivity contribution in [3.63, 3.8) is 0 Å². The van der Waals surface area contributed by atoms with Crippen molar-refractivity contribution in [3.05, 3.63) is 63.5 Å². The Labute approximate surface area is 164 Å². The molecule has 10 nitrogen and oxygen atoms in total. The fraction of sp³-hybridized carbons (Fsp3) is 0.125. The predicted molar refractivity (Wildman–Crippen MR) is 101 cm³/mol.